The van der Waals surface area contributed by atoms with Crippen molar-refractivity contribution < 1.29 is 23.7 Å². The standard InChI is InChI=1S/C14H20O5/c1-6-19-14(15)9(2)10-7-12(17-4)13(18-5)8-11(10)16-3/h7-9H,6H2,1-5H3. The summed E-state index contributed by atoms with van der Waals surface area (Å²) in [4.78, 5) is 11.8. The molecule has 1 aromatic rings. The second kappa shape index (κ2) is 6.87. The molecule has 0 amide bonds. The van der Waals surface area contributed by atoms with Crippen LogP contribution in [0.2, 0.25) is 0 Å². The number of ether oxygens (including phenoxy) is 4. The quantitative estimate of drug-likeness (QED) is 0.741. The Morgan fingerprint density at radius 3 is 2.05 bits per heavy atom. The molecular weight excluding hydrogens is 248 g/mol. The summed E-state index contributed by atoms with van der Waals surface area (Å²) in [6, 6.07) is 3.43. The number of carbonyl (C=O) groups is 1. The normalized spacial score (nSPS) is 11.6. The van der Waals surface area contributed by atoms with Gasteiger partial charge in [0.2, 0.25) is 0 Å². The fourth-order valence-corrected chi connectivity index (χ4v) is 1.79. The van der Waals surface area contributed by atoms with Crippen molar-refractivity contribution in [3.63, 3.8) is 0 Å². The van der Waals surface area contributed by atoms with Crippen molar-refractivity contribution in [2.45, 2.75) is 19.8 Å². The molecule has 106 valence electrons. The number of carbonyl (C=O) groups excluding carboxylic acids is 1. The third-order valence-corrected chi connectivity index (χ3v) is 2.84. The van der Waals surface area contributed by atoms with Gasteiger partial charge in [-0.1, -0.05) is 0 Å². The van der Waals surface area contributed by atoms with Crippen LogP contribution in [-0.4, -0.2) is 33.9 Å². The minimum atomic E-state index is -0.435. The lowest BCUT2D eigenvalue weighted by Crippen LogP contribution is -2.14. The molecule has 0 spiro atoms. The molecule has 0 aliphatic rings. The van der Waals surface area contributed by atoms with E-state index in [9.17, 15) is 4.79 Å². The van der Waals surface area contributed by atoms with Crippen molar-refractivity contribution >= 4 is 5.97 Å². The van der Waals surface area contributed by atoms with Crippen LogP contribution >= 0.6 is 0 Å². The van der Waals surface area contributed by atoms with Gasteiger partial charge in [-0.3, -0.25) is 4.79 Å². The summed E-state index contributed by atoms with van der Waals surface area (Å²) >= 11 is 0. The molecule has 0 fully saturated rings. The van der Waals surface area contributed by atoms with Gasteiger partial charge in [0.15, 0.2) is 11.5 Å². The maximum absolute atomic E-state index is 11.8. The first-order chi connectivity index (χ1) is 9.08. The van der Waals surface area contributed by atoms with E-state index in [-0.39, 0.29) is 5.97 Å². The molecule has 0 N–H and O–H groups in total. The topological polar surface area (TPSA) is 54.0 Å². The summed E-state index contributed by atoms with van der Waals surface area (Å²) in [5.74, 6) is 0.939. The van der Waals surface area contributed by atoms with Crippen molar-refractivity contribution in [2.24, 2.45) is 0 Å². The van der Waals surface area contributed by atoms with Gasteiger partial charge in [-0.05, 0) is 19.9 Å². The van der Waals surface area contributed by atoms with E-state index in [2.05, 4.69) is 0 Å². The molecule has 0 saturated heterocycles. The lowest BCUT2D eigenvalue weighted by molar-refractivity contribution is -0.144. The van der Waals surface area contributed by atoms with E-state index >= 15 is 0 Å². The zero-order valence-corrected chi connectivity index (χ0v) is 12.0. The van der Waals surface area contributed by atoms with Crippen molar-refractivity contribution in [3.05, 3.63) is 17.7 Å². The highest BCUT2D eigenvalue weighted by molar-refractivity contribution is 5.79. The molecule has 0 aliphatic carbocycles. The molecule has 0 heterocycles. The van der Waals surface area contributed by atoms with Crippen molar-refractivity contribution in [2.75, 3.05) is 27.9 Å². The lowest BCUT2D eigenvalue weighted by Gasteiger charge is -2.17. The van der Waals surface area contributed by atoms with Gasteiger partial charge in [0, 0.05) is 11.6 Å². The monoisotopic (exact) mass is 268 g/mol. The van der Waals surface area contributed by atoms with Gasteiger partial charge in [-0.2, -0.15) is 0 Å². The molecule has 5 nitrogen and oxygen atoms in total. The summed E-state index contributed by atoms with van der Waals surface area (Å²) < 4.78 is 20.7. The molecule has 1 aromatic carbocycles. The molecule has 19 heavy (non-hydrogen) atoms. The Kier molecular flexibility index (Phi) is 5.48. The highest BCUT2D eigenvalue weighted by Gasteiger charge is 2.23. The number of esters is 1. The molecular formula is C14H20O5. The van der Waals surface area contributed by atoms with Crippen LogP contribution in [0.1, 0.15) is 25.3 Å². The Morgan fingerprint density at radius 1 is 1.05 bits per heavy atom. The molecule has 0 aromatic heterocycles. The van der Waals surface area contributed by atoms with Gasteiger partial charge >= 0.3 is 5.97 Å². The van der Waals surface area contributed by atoms with Crippen LogP contribution in [0.25, 0.3) is 0 Å². The number of methoxy groups -OCH3 is 3. The summed E-state index contributed by atoms with van der Waals surface area (Å²) in [6.45, 7) is 3.89. The maximum Gasteiger partial charge on any atom is 0.313 e. The second-order valence-corrected chi connectivity index (χ2v) is 3.92. The fourth-order valence-electron chi connectivity index (χ4n) is 1.79. The number of hydrogen-bond acceptors (Lipinski definition) is 5. The molecule has 0 radical (unpaired) electrons. The third-order valence-electron chi connectivity index (χ3n) is 2.84. The Balaban J connectivity index is 3.21. The van der Waals surface area contributed by atoms with Gasteiger partial charge in [0.05, 0.1) is 33.9 Å². The minimum Gasteiger partial charge on any atom is -0.496 e. The molecule has 0 bridgehead atoms. The summed E-state index contributed by atoms with van der Waals surface area (Å²) in [7, 11) is 4.64. The van der Waals surface area contributed by atoms with Crippen LogP contribution in [0.3, 0.4) is 0 Å². The van der Waals surface area contributed by atoms with Gasteiger partial charge < -0.3 is 18.9 Å². The van der Waals surface area contributed by atoms with E-state index < -0.39 is 5.92 Å². The predicted molar refractivity (Wildman–Crippen MR) is 71.1 cm³/mol. The maximum atomic E-state index is 11.8. The van der Waals surface area contributed by atoms with Crippen LogP contribution in [0.15, 0.2) is 12.1 Å². The summed E-state index contributed by atoms with van der Waals surface area (Å²) in [5, 5.41) is 0. The average Bonchev–Trinajstić information content (AvgIpc) is 2.45. The van der Waals surface area contributed by atoms with E-state index in [0.717, 1.165) is 0 Å². The Bertz CT molecular complexity index is 442. The van der Waals surface area contributed by atoms with Crippen molar-refractivity contribution in [1.82, 2.24) is 0 Å². The third kappa shape index (κ3) is 3.30. The van der Waals surface area contributed by atoms with Crippen LogP contribution in [0, 0.1) is 0 Å². The largest absolute Gasteiger partial charge is 0.496 e. The molecule has 1 rings (SSSR count). The van der Waals surface area contributed by atoms with Crippen LogP contribution in [-0.2, 0) is 9.53 Å². The van der Waals surface area contributed by atoms with Crippen molar-refractivity contribution in [3.8, 4) is 17.2 Å². The van der Waals surface area contributed by atoms with Gasteiger partial charge in [-0.15, -0.1) is 0 Å². The van der Waals surface area contributed by atoms with E-state index in [4.69, 9.17) is 18.9 Å². The van der Waals surface area contributed by atoms with E-state index in [1.807, 2.05) is 0 Å². The summed E-state index contributed by atoms with van der Waals surface area (Å²) in [6.07, 6.45) is 0. The van der Waals surface area contributed by atoms with E-state index in [0.29, 0.717) is 29.4 Å². The Labute approximate surface area is 113 Å². The average molecular weight is 268 g/mol. The molecule has 0 saturated carbocycles. The zero-order valence-electron chi connectivity index (χ0n) is 12.0. The Morgan fingerprint density at radius 2 is 1.58 bits per heavy atom. The highest BCUT2D eigenvalue weighted by Crippen LogP contribution is 2.38. The first-order valence-electron chi connectivity index (χ1n) is 6.05. The van der Waals surface area contributed by atoms with E-state index in [1.165, 1.54) is 0 Å². The van der Waals surface area contributed by atoms with Crippen LogP contribution in [0.5, 0.6) is 17.2 Å². The summed E-state index contributed by atoms with van der Waals surface area (Å²) in [5.41, 5.74) is 0.707. The first-order valence-corrected chi connectivity index (χ1v) is 6.05. The minimum absolute atomic E-state index is 0.298. The number of benzene rings is 1. The number of rotatable bonds is 6. The predicted octanol–water partition coefficient (Wildman–Crippen LogP) is 2.38. The van der Waals surface area contributed by atoms with Gasteiger partial charge in [0.1, 0.15) is 5.75 Å². The van der Waals surface area contributed by atoms with Crippen LogP contribution in [0.4, 0.5) is 0 Å². The van der Waals surface area contributed by atoms with Crippen molar-refractivity contribution in [1.29, 1.82) is 0 Å². The Hall–Kier alpha value is -1.91. The molecule has 5 heteroatoms. The SMILES string of the molecule is CCOC(=O)C(C)c1cc(OC)c(OC)cc1OC. The zero-order chi connectivity index (χ0) is 14.4. The lowest BCUT2D eigenvalue weighted by atomic mass is 9.99. The first kappa shape index (κ1) is 15.1. The smallest absolute Gasteiger partial charge is 0.313 e. The van der Waals surface area contributed by atoms with Gasteiger partial charge in [-0.25, -0.2) is 0 Å². The molecule has 1 atom stereocenters. The fraction of sp³-hybridized carbons (Fsp3) is 0.500. The van der Waals surface area contributed by atoms with Gasteiger partial charge in [0.25, 0.3) is 0 Å². The second-order valence-electron chi connectivity index (χ2n) is 3.92. The molecule has 1 unspecified atom stereocenters. The highest BCUT2D eigenvalue weighted by atomic mass is 16.5. The van der Waals surface area contributed by atoms with E-state index in [1.54, 1.807) is 47.3 Å². The molecule has 0 aliphatic heterocycles. The van der Waals surface area contributed by atoms with Crippen LogP contribution < -0.4 is 14.2 Å². The number of hydrogen-bond donors (Lipinski definition) is 0.